The van der Waals surface area contributed by atoms with E-state index < -0.39 is 0 Å². The zero-order valence-electron chi connectivity index (χ0n) is 8.52. The van der Waals surface area contributed by atoms with Crippen LogP contribution in [0.5, 0.6) is 0 Å². The standard InChI is InChI=1S/C11H14ClNO2/c1-7-10(13)6-14-11(15-7)8-2-4-9(12)5-3-8/h2-5,7,10-11H,6,13H2,1H3/t7-,10+,11+/m0/s1. The molecule has 0 saturated carbocycles. The first-order chi connectivity index (χ1) is 7.16. The van der Waals surface area contributed by atoms with E-state index in [1.54, 1.807) is 0 Å². The van der Waals surface area contributed by atoms with Gasteiger partial charge in [0, 0.05) is 10.6 Å². The molecule has 2 rings (SSSR count). The zero-order valence-corrected chi connectivity index (χ0v) is 9.28. The zero-order chi connectivity index (χ0) is 10.8. The normalized spacial score (nSPS) is 31.5. The Hall–Kier alpha value is -0.610. The van der Waals surface area contributed by atoms with Gasteiger partial charge in [0.05, 0.1) is 18.8 Å². The lowest BCUT2D eigenvalue weighted by Crippen LogP contribution is -2.44. The fraction of sp³-hybridized carbons (Fsp3) is 0.455. The number of hydrogen-bond donors (Lipinski definition) is 1. The summed E-state index contributed by atoms with van der Waals surface area (Å²) in [6.07, 6.45) is -0.309. The summed E-state index contributed by atoms with van der Waals surface area (Å²) in [7, 11) is 0. The third kappa shape index (κ3) is 2.49. The van der Waals surface area contributed by atoms with Crippen LogP contribution in [0.15, 0.2) is 24.3 Å². The van der Waals surface area contributed by atoms with E-state index in [-0.39, 0.29) is 18.4 Å². The Bertz CT molecular complexity index is 328. The molecule has 2 N–H and O–H groups in total. The molecule has 4 heteroatoms. The fourth-order valence-corrected chi connectivity index (χ4v) is 1.59. The van der Waals surface area contributed by atoms with Gasteiger partial charge in [-0.25, -0.2) is 0 Å². The van der Waals surface area contributed by atoms with Gasteiger partial charge in [-0.3, -0.25) is 0 Å². The van der Waals surface area contributed by atoms with Crippen LogP contribution in [0.25, 0.3) is 0 Å². The summed E-state index contributed by atoms with van der Waals surface area (Å²) in [5.41, 5.74) is 6.74. The highest BCUT2D eigenvalue weighted by Crippen LogP contribution is 2.26. The number of halogens is 1. The molecular formula is C11H14ClNO2. The van der Waals surface area contributed by atoms with Crippen molar-refractivity contribution in [3.63, 3.8) is 0 Å². The van der Waals surface area contributed by atoms with Crippen molar-refractivity contribution in [2.45, 2.75) is 25.4 Å². The molecule has 0 aromatic heterocycles. The van der Waals surface area contributed by atoms with E-state index in [1.165, 1.54) is 0 Å². The summed E-state index contributed by atoms with van der Waals surface area (Å²) < 4.78 is 11.1. The van der Waals surface area contributed by atoms with Gasteiger partial charge >= 0.3 is 0 Å². The SMILES string of the molecule is C[C@@H]1O[C@H](c2ccc(Cl)cc2)OC[C@H]1N. The van der Waals surface area contributed by atoms with E-state index in [9.17, 15) is 0 Å². The second-order valence-corrected chi connectivity index (χ2v) is 4.16. The molecule has 1 saturated heterocycles. The molecule has 3 atom stereocenters. The van der Waals surface area contributed by atoms with Gasteiger partial charge in [0.1, 0.15) is 0 Å². The van der Waals surface area contributed by atoms with Crippen molar-refractivity contribution in [2.75, 3.05) is 6.61 Å². The molecule has 15 heavy (non-hydrogen) atoms. The van der Waals surface area contributed by atoms with Gasteiger partial charge in [0.2, 0.25) is 0 Å². The van der Waals surface area contributed by atoms with Gasteiger partial charge < -0.3 is 15.2 Å². The number of rotatable bonds is 1. The van der Waals surface area contributed by atoms with E-state index in [2.05, 4.69) is 0 Å². The molecule has 1 aliphatic rings. The number of nitrogens with two attached hydrogens (primary N) is 1. The van der Waals surface area contributed by atoms with Crippen LogP contribution in [0.3, 0.4) is 0 Å². The van der Waals surface area contributed by atoms with Crippen LogP contribution in [-0.2, 0) is 9.47 Å². The van der Waals surface area contributed by atoms with Crippen LogP contribution < -0.4 is 5.73 Å². The Balaban J connectivity index is 2.08. The molecule has 1 aromatic rings. The molecule has 0 radical (unpaired) electrons. The maximum Gasteiger partial charge on any atom is 0.184 e. The van der Waals surface area contributed by atoms with E-state index in [1.807, 2.05) is 31.2 Å². The monoisotopic (exact) mass is 227 g/mol. The van der Waals surface area contributed by atoms with Crippen LogP contribution in [0, 0.1) is 0 Å². The molecular weight excluding hydrogens is 214 g/mol. The first-order valence-electron chi connectivity index (χ1n) is 4.95. The van der Waals surface area contributed by atoms with E-state index in [4.69, 9.17) is 26.8 Å². The predicted molar refractivity (Wildman–Crippen MR) is 58.7 cm³/mol. The highest BCUT2D eigenvalue weighted by Gasteiger charge is 2.26. The van der Waals surface area contributed by atoms with Crippen LogP contribution in [0.4, 0.5) is 0 Å². The second kappa shape index (κ2) is 4.49. The minimum atomic E-state index is -0.322. The van der Waals surface area contributed by atoms with Crippen molar-refractivity contribution in [3.8, 4) is 0 Å². The highest BCUT2D eigenvalue weighted by molar-refractivity contribution is 6.30. The van der Waals surface area contributed by atoms with Crippen LogP contribution in [-0.4, -0.2) is 18.8 Å². The maximum absolute atomic E-state index is 5.80. The summed E-state index contributed by atoms with van der Waals surface area (Å²) in [6.45, 7) is 2.48. The molecule has 0 spiro atoms. The minimum Gasteiger partial charge on any atom is -0.347 e. The van der Waals surface area contributed by atoms with Crippen LogP contribution >= 0.6 is 11.6 Å². The van der Waals surface area contributed by atoms with E-state index in [0.29, 0.717) is 11.6 Å². The molecule has 1 aliphatic heterocycles. The largest absolute Gasteiger partial charge is 0.347 e. The minimum absolute atomic E-state index is 0.0134. The number of ether oxygens (including phenoxy) is 2. The highest BCUT2D eigenvalue weighted by atomic mass is 35.5. The number of hydrogen-bond acceptors (Lipinski definition) is 3. The average molecular weight is 228 g/mol. The molecule has 0 amide bonds. The average Bonchev–Trinajstić information content (AvgIpc) is 2.23. The fourth-order valence-electron chi connectivity index (χ4n) is 1.46. The summed E-state index contributed by atoms with van der Waals surface area (Å²) in [6, 6.07) is 7.40. The number of benzene rings is 1. The summed E-state index contributed by atoms with van der Waals surface area (Å²) in [5, 5.41) is 0.708. The topological polar surface area (TPSA) is 44.5 Å². The van der Waals surface area contributed by atoms with Gasteiger partial charge in [0.15, 0.2) is 6.29 Å². The third-order valence-electron chi connectivity index (χ3n) is 2.52. The van der Waals surface area contributed by atoms with Gasteiger partial charge in [-0.15, -0.1) is 0 Å². The van der Waals surface area contributed by atoms with Gasteiger partial charge in [0.25, 0.3) is 0 Å². The van der Waals surface area contributed by atoms with Gasteiger partial charge in [-0.05, 0) is 19.1 Å². The summed E-state index contributed by atoms with van der Waals surface area (Å²) in [4.78, 5) is 0. The lowest BCUT2D eigenvalue weighted by molar-refractivity contribution is -0.219. The molecule has 82 valence electrons. The maximum atomic E-state index is 5.80. The molecule has 3 nitrogen and oxygen atoms in total. The Kier molecular flexibility index (Phi) is 3.26. The molecule has 1 aromatic carbocycles. The van der Waals surface area contributed by atoms with Crippen LogP contribution in [0.1, 0.15) is 18.8 Å². The van der Waals surface area contributed by atoms with Crippen molar-refractivity contribution in [3.05, 3.63) is 34.9 Å². The third-order valence-corrected chi connectivity index (χ3v) is 2.78. The van der Waals surface area contributed by atoms with E-state index in [0.717, 1.165) is 5.56 Å². The quantitative estimate of drug-likeness (QED) is 0.799. The molecule has 0 unspecified atom stereocenters. The van der Waals surface area contributed by atoms with Crippen molar-refractivity contribution in [2.24, 2.45) is 5.73 Å². The van der Waals surface area contributed by atoms with Crippen molar-refractivity contribution in [1.82, 2.24) is 0 Å². The van der Waals surface area contributed by atoms with E-state index >= 15 is 0 Å². The second-order valence-electron chi connectivity index (χ2n) is 3.72. The van der Waals surface area contributed by atoms with Gasteiger partial charge in [-0.2, -0.15) is 0 Å². The predicted octanol–water partition coefficient (Wildman–Crippen LogP) is 2.10. The molecule has 1 fully saturated rings. The lowest BCUT2D eigenvalue weighted by atomic mass is 10.1. The summed E-state index contributed by atoms with van der Waals surface area (Å²) in [5.74, 6) is 0. The molecule has 0 aliphatic carbocycles. The van der Waals surface area contributed by atoms with Crippen molar-refractivity contribution >= 4 is 11.6 Å². The first-order valence-corrected chi connectivity index (χ1v) is 5.33. The summed E-state index contributed by atoms with van der Waals surface area (Å²) >= 11 is 5.80. The Morgan fingerprint density at radius 3 is 2.60 bits per heavy atom. The van der Waals surface area contributed by atoms with Crippen molar-refractivity contribution in [1.29, 1.82) is 0 Å². The molecule has 1 heterocycles. The van der Waals surface area contributed by atoms with Gasteiger partial charge in [-0.1, -0.05) is 23.7 Å². The van der Waals surface area contributed by atoms with Crippen molar-refractivity contribution < 1.29 is 9.47 Å². The first kappa shape index (κ1) is 10.9. The molecule has 0 bridgehead atoms. The van der Waals surface area contributed by atoms with Crippen LogP contribution in [0.2, 0.25) is 5.02 Å². The Labute approximate surface area is 94.1 Å². The Morgan fingerprint density at radius 1 is 1.33 bits per heavy atom. The smallest absolute Gasteiger partial charge is 0.184 e. The lowest BCUT2D eigenvalue weighted by Gasteiger charge is -2.32. The Morgan fingerprint density at radius 2 is 2.00 bits per heavy atom.